The van der Waals surface area contributed by atoms with Crippen molar-refractivity contribution in [1.82, 2.24) is 9.80 Å². The number of halogens is 1. The van der Waals surface area contributed by atoms with Crippen molar-refractivity contribution in [3.05, 3.63) is 0 Å². The smallest absolute Gasteiger partial charge is 0.410 e. The summed E-state index contributed by atoms with van der Waals surface area (Å²) >= 11 is 0. The number of hydrogen-bond donors (Lipinski definition) is 1. The van der Waals surface area contributed by atoms with Crippen LogP contribution in [0.15, 0.2) is 0 Å². The van der Waals surface area contributed by atoms with E-state index in [-0.39, 0.29) is 12.6 Å². The van der Waals surface area contributed by atoms with Crippen LogP contribution in [-0.4, -0.2) is 75.7 Å². The van der Waals surface area contributed by atoms with E-state index in [1.165, 1.54) is 4.90 Å². The van der Waals surface area contributed by atoms with Crippen molar-refractivity contribution in [2.45, 2.75) is 142 Å². The van der Waals surface area contributed by atoms with Crippen LogP contribution in [0.4, 0.5) is 14.0 Å². The van der Waals surface area contributed by atoms with Gasteiger partial charge in [-0.2, -0.15) is 0 Å². The largest absolute Gasteiger partial charge is 0.444 e. The van der Waals surface area contributed by atoms with Gasteiger partial charge in [0.2, 0.25) is 0 Å². The number of aliphatic hydroxyl groups is 1. The van der Waals surface area contributed by atoms with Crippen LogP contribution >= 0.6 is 0 Å². The molecule has 2 atom stereocenters. The fourth-order valence-electron chi connectivity index (χ4n) is 4.46. The van der Waals surface area contributed by atoms with Gasteiger partial charge in [0, 0.05) is 19.5 Å². The lowest BCUT2D eigenvalue weighted by atomic mass is 9.95. The molecule has 212 valence electrons. The van der Waals surface area contributed by atoms with Gasteiger partial charge in [0.05, 0.1) is 18.7 Å². The minimum absolute atomic E-state index is 0.186. The number of ether oxygens (including phenoxy) is 2. The number of unbranched alkanes of at least 4 members (excludes halogenated alkanes) is 4. The molecule has 0 aromatic rings. The van der Waals surface area contributed by atoms with Crippen molar-refractivity contribution in [3.63, 3.8) is 0 Å². The summed E-state index contributed by atoms with van der Waals surface area (Å²) < 4.78 is 25.0. The van der Waals surface area contributed by atoms with E-state index in [2.05, 4.69) is 13.8 Å². The Morgan fingerprint density at radius 3 is 1.69 bits per heavy atom. The van der Waals surface area contributed by atoms with Crippen LogP contribution in [0.25, 0.3) is 0 Å². The van der Waals surface area contributed by atoms with Crippen molar-refractivity contribution in [3.8, 4) is 0 Å². The summed E-state index contributed by atoms with van der Waals surface area (Å²) in [7, 11) is 0. The van der Waals surface area contributed by atoms with E-state index in [0.717, 1.165) is 44.9 Å². The standard InChI is InChI=1S/C14H26FNO2.C14H27NO3/c1-5-6-7-8-14(15)9-10-16(11-14)12(17)18-13(2,3)4;1-5-6-7-8-14(17)9-10-15(11-14)12(16)18-13(2,3)4/h5-11H2,1-4H3;17H,5-11H2,1-4H3. The van der Waals surface area contributed by atoms with Gasteiger partial charge >= 0.3 is 12.2 Å². The van der Waals surface area contributed by atoms with Crippen molar-refractivity contribution in [2.24, 2.45) is 0 Å². The second-order valence-corrected chi connectivity index (χ2v) is 12.6. The van der Waals surface area contributed by atoms with E-state index in [1.807, 2.05) is 41.5 Å². The van der Waals surface area contributed by atoms with Gasteiger partial charge in [-0.15, -0.1) is 0 Å². The van der Waals surface area contributed by atoms with Gasteiger partial charge in [0.25, 0.3) is 0 Å². The summed E-state index contributed by atoms with van der Waals surface area (Å²) in [6.07, 6.45) is 8.08. The van der Waals surface area contributed by atoms with Crippen molar-refractivity contribution >= 4 is 12.2 Å². The molecule has 1 N–H and O–H groups in total. The Morgan fingerprint density at radius 2 is 1.22 bits per heavy atom. The molecule has 2 unspecified atom stereocenters. The Kier molecular flexibility index (Phi) is 12.5. The van der Waals surface area contributed by atoms with E-state index >= 15 is 0 Å². The molecule has 0 aromatic heterocycles. The highest BCUT2D eigenvalue weighted by Gasteiger charge is 2.41. The SMILES string of the molecule is CCCCCC1(F)CCN(C(=O)OC(C)(C)C)C1.CCCCCC1(O)CCN(C(=O)OC(C)(C)C)C1. The van der Waals surface area contributed by atoms with E-state index in [4.69, 9.17) is 9.47 Å². The number of rotatable bonds is 8. The molecule has 2 rings (SSSR count). The van der Waals surface area contributed by atoms with Crippen LogP contribution in [0, 0.1) is 0 Å². The molecule has 2 aliphatic rings. The van der Waals surface area contributed by atoms with Crippen molar-refractivity contribution in [2.75, 3.05) is 26.2 Å². The second-order valence-electron chi connectivity index (χ2n) is 12.6. The topological polar surface area (TPSA) is 79.3 Å². The molecule has 0 saturated carbocycles. The molecule has 2 saturated heterocycles. The zero-order valence-electron chi connectivity index (χ0n) is 24.3. The summed E-state index contributed by atoms with van der Waals surface area (Å²) in [5, 5.41) is 10.4. The minimum atomic E-state index is -1.20. The fourth-order valence-corrected chi connectivity index (χ4v) is 4.46. The number of β-amino-alcohol motifs (C(OH)–C–C–N with tert-alkyl or cyclic N) is 1. The van der Waals surface area contributed by atoms with Crippen LogP contribution in [-0.2, 0) is 9.47 Å². The van der Waals surface area contributed by atoms with Crippen molar-refractivity contribution in [1.29, 1.82) is 0 Å². The Morgan fingerprint density at radius 1 is 0.778 bits per heavy atom. The van der Waals surface area contributed by atoms with Gasteiger partial charge in [-0.3, -0.25) is 0 Å². The van der Waals surface area contributed by atoms with E-state index < -0.39 is 28.6 Å². The molecule has 2 heterocycles. The van der Waals surface area contributed by atoms with Crippen molar-refractivity contribution < 1.29 is 28.6 Å². The first-order valence-corrected chi connectivity index (χ1v) is 13.9. The number of likely N-dealkylation sites (tertiary alicyclic amines) is 2. The van der Waals surface area contributed by atoms with Gasteiger partial charge in [-0.1, -0.05) is 52.4 Å². The van der Waals surface area contributed by atoms with Gasteiger partial charge in [-0.05, 0) is 60.8 Å². The predicted octanol–water partition coefficient (Wildman–Crippen LogP) is 6.85. The van der Waals surface area contributed by atoms with Gasteiger partial charge in [0.15, 0.2) is 0 Å². The lowest BCUT2D eigenvalue weighted by Gasteiger charge is -2.26. The highest BCUT2D eigenvalue weighted by Crippen LogP contribution is 2.32. The third-order valence-corrected chi connectivity index (χ3v) is 6.41. The highest BCUT2D eigenvalue weighted by atomic mass is 19.1. The minimum Gasteiger partial charge on any atom is -0.444 e. The van der Waals surface area contributed by atoms with Crippen LogP contribution in [0.3, 0.4) is 0 Å². The Hall–Kier alpha value is -1.57. The first-order chi connectivity index (χ1) is 16.5. The van der Waals surface area contributed by atoms with Gasteiger partial charge in [0.1, 0.15) is 16.9 Å². The second kappa shape index (κ2) is 13.8. The van der Waals surface area contributed by atoms with E-state index in [1.54, 1.807) is 4.90 Å². The average Bonchev–Trinajstić information content (AvgIpc) is 3.31. The number of nitrogens with zero attached hydrogens (tertiary/aromatic N) is 2. The fraction of sp³-hybridized carbons (Fsp3) is 0.929. The maximum atomic E-state index is 14.4. The molecule has 2 fully saturated rings. The van der Waals surface area contributed by atoms with E-state index in [9.17, 15) is 19.1 Å². The summed E-state index contributed by atoms with van der Waals surface area (Å²) in [4.78, 5) is 26.8. The summed E-state index contributed by atoms with van der Waals surface area (Å²) in [5.41, 5.74) is -2.89. The number of alkyl halides is 1. The van der Waals surface area contributed by atoms with Gasteiger partial charge < -0.3 is 24.4 Å². The third-order valence-electron chi connectivity index (χ3n) is 6.41. The molecule has 0 spiro atoms. The lowest BCUT2D eigenvalue weighted by molar-refractivity contribution is 0.0118. The molecular weight excluding hydrogens is 463 g/mol. The van der Waals surface area contributed by atoms with Crippen LogP contribution in [0.1, 0.15) is 120 Å². The molecule has 0 aliphatic carbocycles. The Balaban J connectivity index is 0.000000360. The first-order valence-electron chi connectivity index (χ1n) is 13.9. The molecule has 2 aliphatic heterocycles. The highest BCUT2D eigenvalue weighted by molar-refractivity contribution is 5.69. The van der Waals surface area contributed by atoms with Gasteiger partial charge in [-0.25, -0.2) is 14.0 Å². The molecule has 0 bridgehead atoms. The number of carbonyl (C=O) groups is 2. The number of amides is 2. The predicted molar refractivity (Wildman–Crippen MR) is 142 cm³/mol. The lowest BCUT2D eigenvalue weighted by Crippen LogP contribution is -2.39. The Bertz CT molecular complexity index is 632. The van der Waals surface area contributed by atoms with Crippen LogP contribution in [0.5, 0.6) is 0 Å². The molecule has 36 heavy (non-hydrogen) atoms. The quantitative estimate of drug-likeness (QED) is 0.357. The van der Waals surface area contributed by atoms with Crippen LogP contribution in [0.2, 0.25) is 0 Å². The third kappa shape index (κ3) is 12.6. The summed E-state index contributed by atoms with van der Waals surface area (Å²) in [6.45, 7) is 16.9. The van der Waals surface area contributed by atoms with E-state index in [0.29, 0.717) is 38.9 Å². The Labute approximate surface area is 219 Å². The summed E-state index contributed by atoms with van der Waals surface area (Å²) in [5.74, 6) is 0. The maximum absolute atomic E-state index is 14.4. The number of hydrogen-bond acceptors (Lipinski definition) is 5. The molecule has 8 heteroatoms. The maximum Gasteiger partial charge on any atom is 0.410 e. The molecular formula is C28H53FN2O5. The average molecular weight is 517 g/mol. The van der Waals surface area contributed by atoms with Crippen LogP contribution < -0.4 is 0 Å². The molecule has 0 radical (unpaired) electrons. The zero-order valence-corrected chi connectivity index (χ0v) is 24.3. The normalized spacial score (nSPS) is 24.4. The monoisotopic (exact) mass is 516 g/mol. The molecule has 7 nitrogen and oxygen atoms in total. The summed E-state index contributed by atoms with van der Waals surface area (Å²) in [6, 6.07) is 0. The molecule has 0 aromatic carbocycles. The first kappa shape index (κ1) is 32.5. The zero-order chi connectivity index (χ0) is 27.6. The number of carbonyl (C=O) groups excluding carboxylic acids is 2. The molecule has 2 amide bonds.